The number of methoxy groups -OCH3 is 2. The zero-order valence-corrected chi connectivity index (χ0v) is 11.6. The lowest BCUT2D eigenvalue weighted by atomic mass is 10.0. The van der Waals surface area contributed by atoms with Crippen LogP contribution in [0.5, 0.6) is 0 Å². The SMILES string of the molecule is CCCCCCC=CC(CC(=O)OC)C(=O)OC. The molecule has 1 unspecified atom stereocenters. The molecule has 0 rings (SSSR count). The fourth-order valence-electron chi connectivity index (χ4n) is 1.59. The van der Waals surface area contributed by atoms with Gasteiger partial charge in [-0.3, -0.25) is 9.59 Å². The molecule has 0 aliphatic carbocycles. The molecule has 0 saturated carbocycles. The van der Waals surface area contributed by atoms with Crippen LogP contribution in [-0.2, 0) is 19.1 Å². The van der Waals surface area contributed by atoms with Gasteiger partial charge in [0.2, 0.25) is 0 Å². The number of esters is 2. The van der Waals surface area contributed by atoms with Crippen molar-refractivity contribution in [3.05, 3.63) is 12.2 Å². The van der Waals surface area contributed by atoms with E-state index in [9.17, 15) is 9.59 Å². The minimum absolute atomic E-state index is 0.0363. The quantitative estimate of drug-likeness (QED) is 0.361. The molecule has 4 nitrogen and oxygen atoms in total. The Hall–Kier alpha value is -1.32. The lowest BCUT2D eigenvalue weighted by Gasteiger charge is -2.08. The van der Waals surface area contributed by atoms with Crippen LogP contribution in [0.15, 0.2) is 12.2 Å². The topological polar surface area (TPSA) is 52.6 Å². The fourth-order valence-corrected chi connectivity index (χ4v) is 1.59. The van der Waals surface area contributed by atoms with Gasteiger partial charge in [0.05, 0.1) is 26.6 Å². The van der Waals surface area contributed by atoms with Gasteiger partial charge in [0.15, 0.2) is 0 Å². The Morgan fingerprint density at radius 1 is 1.11 bits per heavy atom. The number of unbranched alkanes of at least 4 members (excludes halogenated alkanes) is 4. The van der Waals surface area contributed by atoms with E-state index in [0.717, 1.165) is 12.8 Å². The maximum absolute atomic E-state index is 11.4. The zero-order chi connectivity index (χ0) is 13.8. The molecule has 18 heavy (non-hydrogen) atoms. The normalized spacial score (nSPS) is 12.4. The number of hydrogen-bond acceptors (Lipinski definition) is 4. The van der Waals surface area contributed by atoms with Crippen molar-refractivity contribution in [2.45, 2.75) is 45.4 Å². The average molecular weight is 256 g/mol. The molecule has 0 saturated heterocycles. The Kier molecular flexibility index (Phi) is 10.0. The van der Waals surface area contributed by atoms with Crippen molar-refractivity contribution in [2.24, 2.45) is 5.92 Å². The summed E-state index contributed by atoms with van der Waals surface area (Å²) < 4.78 is 9.21. The molecule has 0 amide bonds. The van der Waals surface area contributed by atoms with Crippen LogP contribution in [0, 0.1) is 5.92 Å². The molecule has 0 aromatic heterocycles. The maximum Gasteiger partial charge on any atom is 0.313 e. The standard InChI is InChI=1S/C14H24O4/c1-4-5-6-7-8-9-10-12(14(16)18-3)11-13(15)17-2/h9-10,12H,4-8,11H2,1-3H3. The van der Waals surface area contributed by atoms with E-state index in [1.807, 2.05) is 6.08 Å². The summed E-state index contributed by atoms with van der Waals surface area (Å²) in [6.45, 7) is 2.17. The first-order valence-corrected chi connectivity index (χ1v) is 6.47. The van der Waals surface area contributed by atoms with Gasteiger partial charge in [-0.05, 0) is 12.8 Å². The Labute approximate surface area is 109 Å². The van der Waals surface area contributed by atoms with Crippen molar-refractivity contribution in [3.63, 3.8) is 0 Å². The predicted octanol–water partition coefficient (Wildman–Crippen LogP) is 2.87. The summed E-state index contributed by atoms with van der Waals surface area (Å²) in [7, 11) is 2.63. The van der Waals surface area contributed by atoms with Gasteiger partial charge in [-0.15, -0.1) is 0 Å². The van der Waals surface area contributed by atoms with Gasteiger partial charge in [-0.2, -0.15) is 0 Å². The summed E-state index contributed by atoms with van der Waals surface area (Å²) in [5, 5.41) is 0. The van der Waals surface area contributed by atoms with E-state index in [1.54, 1.807) is 6.08 Å². The average Bonchev–Trinajstić information content (AvgIpc) is 2.40. The molecule has 0 bridgehead atoms. The van der Waals surface area contributed by atoms with Crippen molar-refractivity contribution < 1.29 is 19.1 Å². The van der Waals surface area contributed by atoms with Gasteiger partial charge in [0.25, 0.3) is 0 Å². The first-order chi connectivity index (χ1) is 8.65. The number of allylic oxidation sites excluding steroid dienone is 1. The van der Waals surface area contributed by atoms with Crippen LogP contribution in [0.2, 0.25) is 0 Å². The number of rotatable bonds is 9. The van der Waals surface area contributed by atoms with Gasteiger partial charge in [0, 0.05) is 0 Å². The molecule has 104 valence electrons. The molecule has 0 aliphatic rings. The van der Waals surface area contributed by atoms with Gasteiger partial charge in [-0.25, -0.2) is 0 Å². The van der Waals surface area contributed by atoms with E-state index in [-0.39, 0.29) is 6.42 Å². The van der Waals surface area contributed by atoms with Crippen molar-refractivity contribution in [1.29, 1.82) is 0 Å². The molecule has 1 atom stereocenters. The van der Waals surface area contributed by atoms with E-state index < -0.39 is 17.9 Å². The number of hydrogen-bond donors (Lipinski definition) is 0. The third-order valence-electron chi connectivity index (χ3n) is 2.71. The van der Waals surface area contributed by atoms with Crippen molar-refractivity contribution >= 4 is 11.9 Å². The summed E-state index contributed by atoms with van der Waals surface area (Å²) >= 11 is 0. The van der Waals surface area contributed by atoms with Crippen LogP contribution in [0.3, 0.4) is 0 Å². The van der Waals surface area contributed by atoms with Crippen LogP contribution >= 0.6 is 0 Å². The molecular formula is C14H24O4. The molecule has 0 N–H and O–H groups in total. The van der Waals surface area contributed by atoms with Gasteiger partial charge in [-0.1, -0.05) is 38.3 Å². The largest absolute Gasteiger partial charge is 0.469 e. The number of ether oxygens (including phenoxy) is 2. The summed E-state index contributed by atoms with van der Waals surface area (Å²) in [6.07, 6.45) is 9.39. The molecule has 0 aliphatic heterocycles. The molecule has 4 heteroatoms. The second kappa shape index (κ2) is 10.8. The van der Waals surface area contributed by atoms with Crippen molar-refractivity contribution in [3.8, 4) is 0 Å². The van der Waals surface area contributed by atoms with Crippen LogP contribution in [-0.4, -0.2) is 26.2 Å². The first kappa shape index (κ1) is 16.7. The van der Waals surface area contributed by atoms with Crippen molar-refractivity contribution in [1.82, 2.24) is 0 Å². The highest BCUT2D eigenvalue weighted by Crippen LogP contribution is 2.11. The van der Waals surface area contributed by atoms with Crippen molar-refractivity contribution in [2.75, 3.05) is 14.2 Å². The minimum Gasteiger partial charge on any atom is -0.469 e. The fraction of sp³-hybridized carbons (Fsp3) is 0.714. The maximum atomic E-state index is 11.4. The third-order valence-corrected chi connectivity index (χ3v) is 2.71. The van der Waals surface area contributed by atoms with Gasteiger partial charge in [0.1, 0.15) is 0 Å². The molecule has 0 aromatic carbocycles. The molecule has 0 spiro atoms. The molecule has 0 fully saturated rings. The third kappa shape index (κ3) is 7.87. The summed E-state index contributed by atoms with van der Waals surface area (Å²) in [6, 6.07) is 0. The Balaban J connectivity index is 4.11. The van der Waals surface area contributed by atoms with E-state index in [0.29, 0.717) is 0 Å². The minimum atomic E-state index is -0.534. The van der Waals surface area contributed by atoms with Crippen LogP contribution in [0.4, 0.5) is 0 Å². The second-order valence-electron chi connectivity index (χ2n) is 4.19. The van der Waals surface area contributed by atoms with E-state index in [1.165, 1.54) is 33.5 Å². The van der Waals surface area contributed by atoms with E-state index >= 15 is 0 Å². The Morgan fingerprint density at radius 3 is 2.39 bits per heavy atom. The highest BCUT2D eigenvalue weighted by atomic mass is 16.5. The smallest absolute Gasteiger partial charge is 0.313 e. The monoisotopic (exact) mass is 256 g/mol. The molecule has 0 heterocycles. The molecule has 0 aromatic rings. The van der Waals surface area contributed by atoms with Crippen LogP contribution in [0.25, 0.3) is 0 Å². The highest BCUT2D eigenvalue weighted by molar-refractivity contribution is 5.81. The number of carbonyl (C=O) groups excluding carboxylic acids is 2. The van der Waals surface area contributed by atoms with E-state index in [4.69, 9.17) is 0 Å². The number of carbonyl (C=O) groups is 2. The van der Waals surface area contributed by atoms with Gasteiger partial charge >= 0.3 is 11.9 Å². The predicted molar refractivity (Wildman–Crippen MR) is 70.0 cm³/mol. The van der Waals surface area contributed by atoms with Crippen LogP contribution < -0.4 is 0 Å². The van der Waals surface area contributed by atoms with Gasteiger partial charge < -0.3 is 9.47 Å². The van der Waals surface area contributed by atoms with Crippen LogP contribution in [0.1, 0.15) is 45.4 Å². The first-order valence-electron chi connectivity index (χ1n) is 6.47. The highest BCUT2D eigenvalue weighted by Gasteiger charge is 2.19. The second-order valence-corrected chi connectivity index (χ2v) is 4.19. The Bertz CT molecular complexity index is 271. The zero-order valence-electron chi connectivity index (χ0n) is 11.6. The lowest BCUT2D eigenvalue weighted by Crippen LogP contribution is -2.18. The lowest BCUT2D eigenvalue weighted by molar-refractivity contribution is -0.150. The Morgan fingerprint density at radius 2 is 1.83 bits per heavy atom. The summed E-state index contributed by atoms with van der Waals surface area (Å²) in [5.41, 5.74) is 0. The summed E-state index contributed by atoms with van der Waals surface area (Å²) in [5.74, 6) is -1.33. The summed E-state index contributed by atoms with van der Waals surface area (Å²) in [4.78, 5) is 22.6. The molecule has 0 radical (unpaired) electrons. The molecular weight excluding hydrogens is 232 g/mol. The van der Waals surface area contributed by atoms with E-state index in [2.05, 4.69) is 16.4 Å².